The molecule has 3 aromatic heterocycles. The Morgan fingerprint density at radius 2 is 1.84 bits per heavy atom. The maximum atomic E-state index is 13.2. The van der Waals surface area contributed by atoms with Crippen LogP contribution in [0.25, 0.3) is 22.5 Å². The third kappa shape index (κ3) is 5.20. The summed E-state index contributed by atoms with van der Waals surface area (Å²) in [6, 6.07) is 1.80. The Morgan fingerprint density at radius 3 is 2.53 bits per heavy atom. The number of ether oxygens (including phenoxy) is 1. The number of aromatic nitrogens is 4. The van der Waals surface area contributed by atoms with E-state index in [-0.39, 0.29) is 29.4 Å². The van der Waals surface area contributed by atoms with E-state index in [1.54, 1.807) is 11.1 Å². The number of fused-ring (bicyclic) bond motifs is 1. The number of hydrogen-bond acceptors (Lipinski definition) is 9. The normalized spacial score (nSPS) is 27.7. The van der Waals surface area contributed by atoms with Gasteiger partial charge in [0.15, 0.2) is 5.60 Å². The van der Waals surface area contributed by atoms with Crippen LogP contribution in [0.4, 0.5) is 10.5 Å². The van der Waals surface area contributed by atoms with E-state index in [1.807, 2.05) is 12.3 Å². The second-order valence-electron chi connectivity index (χ2n) is 13.1. The van der Waals surface area contributed by atoms with E-state index in [2.05, 4.69) is 50.5 Å². The summed E-state index contributed by atoms with van der Waals surface area (Å²) in [5.41, 5.74) is 0.963. The van der Waals surface area contributed by atoms with Crippen LogP contribution in [0.1, 0.15) is 55.6 Å². The van der Waals surface area contributed by atoms with Gasteiger partial charge < -0.3 is 34.9 Å². The summed E-state index contributed by atoms with van der Waals surface area (Å²) in [5.74, 6) is 0.920. The Balaban J connectivity index is 1.04. The molecule has 3 aromatic rings. The summed E-state index contributed by atoms with van der Waals surface area (Å²) < 4.78 is 11.2. The zero-order valence-corrected chi connectivity index (χ0v) is 25.2. The zero-order valence-electron chi connectivity index (χ0n) is 25.2. The van der Waals surface area contributed by atoms with Crippen molar-refractivity contribution in [2.75, 3.05) is 18.4 Å². The number of pyridine rings is 1. The molecule has 4 N–H and O–H groups in total. The molecule has 4 bridgehead atoms. The molecule has 236 valence electrons. The summed E-state index contributed by atoms with van der Waals surface area (Å²) in [6.45, 7) is 11.9. The summed E-state index contributed by atoms with van der Waals surface area (Å²) in [4.78, 5) is 39.7. The van der Waals surface area contributed by atoms with Gasteiger partial charge in [0.1, 0.15) is 5.65 Å². The SMILES string of the molecule is C=CC(C=C)(C=C)OC(=O)N1CCC(NC(=O)c2noc(-c3cnc4[nH]ccc4c3NC34CC5C[C@H](C3)C(O)[C@@H](C5)C4)n2)CC1. The number of aliphatic hydroxyl groups is 1. The van der Waals surface area contributed by atoms with Gasteiger partial charge in [0.25, 0.3) is 17.6 Å². The molecule has 1 saturated heterocycles. The summed E-state index contributed by atoms with van der Waals surface area (Å²) in [7, 11) is 0. The first-order valence-electron chi connectivity index (χ1n) is 15.7. The van der Waals surface area contributed by atoms with Crippen molar-refractivity contribution in [3.05, 3.63) is 62.2 Å². The van der Waals surface area contributed by atoms with Crippen molar-refractivity contribution in [2.24, 2.45) is 17.8 Å². The van der Waals surface area contributed by atoms with Crippen molar-refractivity contribution in [1.82, 2.24) is 30.3 Å². The van der Waals surface area contributed by atoms with Gasteiger partial charge in [-0.25, -0.2) is 9.78 Å². The first kappa shape index (κ1) is 29.3. The second kappa shape index (κ2) is 11.2. The third-order valence-electron chi connectivity index (χ3n) is 10.4. The number of amides is 2. The molecule has 4 saturated carbocycles. The van der Waals surface area contributed by atoms with Gasteiger partial charge in [-0.2, -0.15) is 4.98 Å². The number of nitrogens with one attached hydrogen (secondary N) is 3. The predicted molar refractivity (Wildman–Crippen MR) is 167 cm³/mol. The second-order valence-corrected chi connectivity index (χ2v) is 13.1. The van der Waals surface area contributed by atoms with Crippen LogP contribution < -0.4 is 10.6 Å². The molecule has 0 aromatic carbocycles. The molecule has 5 aliphatic rings. The lowest BCUT2D eigenvalue weighted by atomic mass is 9.51. The molecule has 12 nitrogen and oxygen atoms in total. The van der Waals surface area contributed by atoms with Crippen molar-refractivity contribution < 1.29 is 24.0 Å². The van der Waals surface area contributed by atoms with Crippen LogP contribution in [0.2, 0.25) is 0 Å². The van der Waals surface area contributed by atoms with Crippen molar-refractivity contribution in [2.45, 2.75) is 68.2 Å². The van der Waals surface area contributed by atoms with Gasteiger partial charge in [-0.05, 0) is 87.0 Å². The molecule has 0 radical (unpaired) electrons. The third-order valence-corrected chi connectivity index (χ3v) is 10.4. The fraction of sp³-hybridized carbons (Fsp3) is 0.485. The van der Waals surface area contributed by atoms with E-state index in [4.69, 9.17) is 9.26 Å². The highest BCUT2D eigenvalue weighted by Crippen LogP contribution is 2.57. The number of carbonyl (C=O) groups is 2. The number of H-pyrrole nitrogens is 1. The smallest absolute Gasteiger partial charge is 0.411 e. The number of anilines is 1. The first-order valence-corrected chi connectivity index (χ1v) is 15.7. The molecule has 8 rings (SSSR count). The van der Waals surface area contributed by atoms with Gasteiger partial charge >= 0.3 is 6.09 Å². The van der Waals surface area contributed by atoms with Gasteiger partial charge in [0, 0.05) is 42.5 Å². The number of piperidine rings is 1. The van der Waals surface area contributed by atoms with Gasteiger partial charge in [0.2, 0.25) is 0 Å². The molecule has 4 heterocycles. The van der Waals surface area contributed by atoms with Crippen LogP contribution in [-0.4, -0.2) is 78.5 Å². The van der Waals surface area contributed by atoms with E-state index < -0.39 is 17.6 Å². The number of hydrogen-bond donors (Lipinski definition) is 4. The number of likely N-dealkylation sites (tertiary alicyclic amines) is 1. The molecular formula is C33H39N7O5. The maximum absolute atomic E-state index is 13.2. The van der Waals surface area contributed by atoms with Crippen molar-refractivity contribution in [1.29, 1.82) is 0 Å². The molecule has 2 amide bonds. The van der Waals surface area contributed by atoms with Crippen molar-refractivity contribution >= 4 is 28.7 Å². The number of nitrogens with zero attached hydrogens (tertiary/aromatic N) is 4. The molecule has 1 aliphatic heterocycles. The van der Waals surface area contributed by atoms with Crippen molar-refractivity contribution in [3.63, 3.8) is 0 Å². The van der Waals surface area contributed by atoms with Gasteiger partial charge in [-0.15, -0.1) is 0 Å². The van der Waals surface area contributed by atoms with Crippen molar-refractivity contribution in [3.8, 4) is 11.5 Å². The minimum atomic E-state index is -1.13. The van der Waals surface area contributed by atoms with E-state index in [1.165, 1.54) is 18.2 Å². The van der Waals surface area contributed by atoms with Crippen LogP contribution in [0, 0.1) is 17.8 Å². The lowest BCUT2D eigenvalue weighted by Gasteiger charge is -2.59. The molecule has 4 aliphatic carbocycles. The molecule has 5 atom stereocenters. The van der Waals surface area contributed by atoms with Crippen LogP contribution >= 0.6 is 0 Å². The average molecular weight is 614 g/mol. The highest BCUT2D eigenvalue weighted by atomic mass is 16.6. The van der Waals surface area contributed by atoms with Crippen LogP contribution in [0.15, 0.2) is 60.9 Å². The largest absolute Gasteiger partial charge is 0.430 e. The van der Waals surface area contributed by atoms with E-state index in [0.29, 0.717) is 49.2 Å². The predicted octanol–water partition coefficient (Wildman–Crippen LogP) is 4.59. The Morgan fingerprint density at radius 1 is 1.13 bits per heavy atom. The minimum Gasteiger partial charge on any atom is -0.430 e. The van der Waals surface area contributed by atoms with Crippen LogP contribution in [-0.2, 0) is 4.74 Å². The molecule has 5 fully saturated rings. The lowest BCUT2D eigenvalue weighted by Crippen LogP contribution is -2.60. The minimum absolute atomic E-state index is 0.0717. The molecule has 45 heavy (non-hydrogen) atoms. The average Bonchev–Trinajstić information content (AvgIpc) is 3.73. The number of rotatable bonds is 9. The Kier molecular flexibility index (Phi) is 7.26. The fourth-order valence-corrected chi connectivity index (χ4v) is 8.19. The van der Waals surface area contributed by atoms with E-state index in [0.717, 1.165) is 48.8 Å². The number of aliphatic hydroxyl groups excluding tert-OH is 1. The maximum Gasteiger partial charge on any atom is 0.411 e. The van der Waals surface area contributed by atoms with Gasteiger partial charge in [-0.3, -0.25) is 4.79 Å². The molecule has 3 unspecified atom stereocenters. The monoisotopic (exact) mass is 613 g/mol. The Labute approximate surface area is 261 Å². The Hall–Kier alpha value is -4.45. The van der Waals surface area contributed by atoms with Gasteiger partial charge in [0.05, 0.1) is 17.4 Å². The lowest BCUT2D eigenvalue weighted by molar-refractivity contribution is -0.0960. The molecule has 12 heteroatoms. The summed E-state index contributed by atoms with van der Waals surface area (Å²) in [6.07, 6.45) is 13.4. The molecule has 0 spiro atoms. The van der Waals surface area contributed by atoms with E-state index >= 15 is 0 Å². The summed E-state index contributed by atoms with van der Waals surface area (Å²) in [5, 5.41) is 22.6. The van der Waals surface area contributed by atoms with E-state index in [9.17, 15) is 14.7 Å². The quantitative estimate of drug-likeness (QED) is 0.253. The molecular weight excluding hydrogens is 574 g/mol. The Bertz CT molecular complexity index is 1620. The fourth-order valence-electron chi connectivity index (χ4n) is 8.19. The highest BCUT2D eigenvalue weighted by Gasteiger charge is 2.55. The van der Waals surface area contributed by atoms with Gasteiger partial charge in [-0.1, -0.05) is 24.9 Å². The standard InChI is InChI=1S/C33H39N7O5/c1-4-33(5-2,6-3)44-31(43)40-11-8-22(9-12-40)36-29(42)28-37-30(45-39-28)24-18-35-27-23(7-10-34-27)25(24)38-32-15-19-13-20(16-32)26(41)21(14-19)17-32/h4-7,10,18-22,26,41H,1-3,8-9,11-17H2,(H,36,42)(H2,34,35,38)/t19?,20-,21+,26?,32?. The topological polar surface area (TPSA) is 158 Å². The number of aromatic amines is 1. The number of carbonyl (C=O) groups excluding carboxylic acids is 2. The highest BCUT2D eigenvalue weighted by molar-refractivity contribution is 5.98. The zero-order chi connectivity index (χ0) is 31.3. The summed E-state index contributed by atoms with van der Waals surface area (Å²) >= 11 is 0. The van der Waals surface area contributed by atoms with Crippen LogP contribution in [0.5, 0.6) is 0 Å². The first-order chi connectivity index (χ1) is 21.7. The van der Waals surface area contributed by atoms with Crippen LogP contribution in [0.3, 0.4) is 0 Å².